The van der Waals surface area contributed by atoms with Crippen molar-refractivity contribution in [2.75, 3.05) is 13.1 Å². The van der Waals surface area contributed by atoms with E-state index in [0.717, 1.165) is 34.9 Å². The highest BCUT2D eigenvalue weighted by molar-refractivity contribution is 6.06. The summed E-state index contributed by atoms with van der Waals surface area (Å²) < 4.78 is 0. The fourth-order valence-electron chi connectivity index (χ4n) is 3.71. The zero-order valence-corrected chi connectivity index (χ0v) is 15.2. The Balaban J connectivity index is 1.32. The molecule has 2 N–H and O–H groups in total. The number of benzene rings is 2. The fourth-order valence-corrected chi connectivity index (χ4v) is 3.71. The predicted octanol–water partition coefficient (Wildman–Crippen LogP) is 3.13. The number of rotatable bonds is 4. The van der Waals surface area contributed by atoms with Crippen LogP contribution >= 0.6 is 0 Å². The van der Waals surface area contributed by atoms with Gasteiger partial charge in [-0.05, 0) is 24.5 Å². The van der Waals surface area contributed by atoms with Crippen LogP contribution in [0, 0.1) is 0 Å². The van der Waals surface area contributed by atoms with E-state index in [1.807, 2.05) is 59.5 Å². The zero-order valence-electron chi connectivity index (χ0n) is 15.2. The maximum atomic E-state index is 12.9. The van der Waals surface area contributed by atoms with E-state index in [9.17, 15) is 9.59 Å². The summed E-state index contributed by atoms with van der Waals surface area (Å²) in [5.74, 6) is 0.101. The van der Waals surface area contributed by atoms with Gasteiger partial charge in [0.1, 0.15) is 0 Å². The lowest BCUT2D eigenvalue weighted by molar-refractivity contribution is -0.121. The van der Waals surface area contributed by atoms with Gasteiger partial charge in [0.2, 0.25) is 5.91 Å². The smallest absolute Gasteiger partial charge is 0.256 e. The minimum atomic E-state index is 0.0441. The van der Waals surface area contributed by atoms with Crippen LogP contribution in [0.4, 0.5) is 0 Å². The Morgan fingerprint density at radius 2 is 1.70 bits per heavy atom. The highest BCUT2D eigenvalue weighted by Crippen LogP contribution is 2.21. The molecule has 1 fully saturated rings. The minimum absolute atomic E-state index is 0.0441. The van der Waals surface area contributed by atoms with E-state index in [-0.39, 0.29) is 17.9 Å². The van der Waals surface area contributed by atoms with Crippen LogP contribution in [-0.2, 0) is 11.2 Å². The lowest BCUT2D eigenvalue weighted by Gasteiger charge is -2.32. The molecule has 2 aromatic carbocycles. The molecule has 0 saturated carbocycles. The van der Waals surface area contributed by atoms with E-state index in [2.05, 4.69) is 10.3 Å². The van der Waals surface area contributed by atoms with Gasteiger partial charge in [0.15, 0.2) is 0 Å². The van der Waals surface area contributed by atoms with E-state index in [0.29, 0.717) is 19.5 Å². The van der Waals surface area contributed by atoms with E-state index >= 15 is 0 Å². The van der Waals surface area contributed by atoms with Crippen molar-refractivity contribution in [3.05, 3.63) is 71.9 Å². The number of carbonyl (C=O) groups excluding carboxylic acids is 2. The van der Waals surface area contributed by atoms with E-state index in [1.54, 1.807) is 6.20 Å². The van der Waals surface area contributed by atoms with Crippen LogP contribution in [0.5, 0.6) is 0 Å². The SMILES string of the molecule is O=C(Cc1ccccc1)NC1CCN(C(=O)c2c[nH]c3ccccc23)CC1. The van der Waals surface area contributed by atoms with Crippen molar-refractivity contribution in [2.24, 2.45) is 0 Å². The molecule has 138 valence electrons. The maximum Gasteiger partial charge on any atom is 0.256 e. The van der Waals surface area contributed by atoms with Crippen LogP contribution in [0.15, 0.2) is 60.8 Å². The Morgan fingerprint density at radius 1 is 1.00 bits per heavy atom. The van der Waals surface area contributed by atoms with Crippen molar-refractivity contribution >= 4 is 22.7 Å². The lowest BCUT2D eigenvalue weighted by atomic mass is 10.0. The number of aromatic nitrogens is 1. The molecule has 0 bridgehead atoms. The Hall–Kier alpha value is -3.08. The van der Waals surface area contributed by atoms with Gasteiger partial charge in [-0.3, -0.25) is 9.59 Å². The summed E-state index contributed by atoms with van der Waals surface area (Å²) in [7, 11) is 0. The average molecular weight is 361 g/mol. The number of nitrogens with zero attached hydrogens (tertiary/aromatic N) is 1. The number of fused-ring (bicyclic) bond motifs is 1. The van der Waals surface area contributed by atoms with Crippen molar-refractivity contribution in [3.8, 4) is 0 Å². The number of hydrogen-bond donors (Lipinski definition) is 2. The van der Waals surface area contributed by atoms with Gasteiger partial charge in [-0.1, -0.05) is 48.5 Å². The van der Waals surface area contributed by atoms with Gasteiger partial charge in [-0.2, -0.15) is 0 Å². The van der Waals surface area contributed by atoms with E-state index in [4.69, 9.17) is 0 Å². The first-order valence-corrected chi connectivity index (χ1v) is 9.39. The molecule has 5 heteroatoms. The van der Waals surface area contributed by atoms with Crippen molar-refractivity contribution in [1.82, 2.24) is 15.2 Å². The molecule has 1 aromatic heterocycles. The Morgan fingerprint density at radius 3 is 2.48 bits per heavy atom. The summed E-state index contributed by atoms with van der Waals surface area (Å²) in [5.41, 5.74) is 2.71. The van der Waals surface area contributed by atoms with Crippen molar-refractivity contribution < 1.29 is 9.59 Å². The Kier molecular flexibility index (Phi) is 4.92. The average Bonchev–Trinajstić information content (AvgIpc) is 3.13. The summed E-state index contributed by atoms with van der Waals surface area (Å²) in [6, 6.07) is 17.7. The number of hydrogen-bond acceptors (Lipinski definition) is 2. The third-order valence-electron chi connectivity index (χ3n) is 5.17. The fraction of sp³-hybridized carbons (Fsp3) is 0.273. The van der Waals surface area contributed by atoms with Gasteiger partial charge in [0.05, 0.1) is 12.0 Å². The molecule has 27 heavy (non-hydrogen) atoms. The van der Waals surface area contributed by atoms with Gasteiger partial charge in [-0.15, -0.1) is 0 Å². The topological polar surface area (TPSA) is 65.2 Å². The molecule has 1 aliphatic rings. The molecule has 0 spiro atoms. The normalized spacial score (nSPS) is 15.0. The van der Waals surface area contributed by atoms with Crippen LogP contribution in [0.1, 0.15) is 28.8 Å². The van der Waals surface area contributed by atoms with Crippen LogP contribution in [0.2, 0.25) is 0 Å². The monoisotopic (exact) mass is 361 g/mol. The Bertz CT molecular complexity index is 940. The number of piperidine rings is 1. The molecule has 0 aliphatic carbocycles. The third kappa shape index (κ3) is 3.87. The zero-order chi connectivity index (χ0) is 18.6. The summed E-state index contributed by atoms with van der Waals surface area (Å²) in [4.78, 5) is 30.1. The number of para-hydroxylation sites is 1. The molecular formula is C22H23N3O2. The number of amides is 2. The van der Waals surface area contributed by atoms with Crippen LogP contribution in [0.3, 0.4) is 0 Å². The summed E-state index contributed by atoms with van der Waals surface area (Å²) >= 11 is 0. The number of aromatic amines is 1. The molecule has 2 amide bonds. The first kappa shape index (κ1) is 17.3. The maximum absolute atomic E-state index is 12.9. The number of nitrogens with one attached hydrogen (secondary N) is 2. The molecule has 1 saturated heterocycles. The molecule has 0 unspecified atom stereocenters. The number of carbonyl (C=O) groups is 2. The highest BCUT2D eigenvalue weighted by atomic mass is 16.2. The minimum Gasteiger partial charge on any atom is -0.360 e. The largest absolute Gasteiger partial charge is 0.360 e. The van der Waals surface area contributed by atoms with Crippen molar-refractivity contribution in [3.63, 3.8) is 0 Å². The quantitative estimate of drug-likeness (QED) is 0.750. The third-order valence-corrected chi connectivity index (χ3v) is 5.17. The van der Waals surface area contributed by atoms with Gasteiger partial charge in [0.25, 0.3) is 5.91 Å². The summed E-state index contributed by atoms with van der Waals surface area (Å²) in [5, 5.41) is 4.07. The first-order valence-electron chi connectivity index (χ1n) is 9.39. The first-order chi connectivity index (χ1) is 13.2. The molecule has 4 rings (SSSR count). The summed E-state index contributed by atoms with van der Waals surface area (Å²) in [6.45, 7) is 1.32. The lowest BCUT2D eigenvalue weighted by Crippen LogP contribution is -2.46. The highest BCUT2D eigenvalue weighted by Gasteiger charge is 2.25. The van der Waals surface area contributed by atoms with Crippen molar-refractivity contribution in [1.29, 1.82) is 0 Å². The van der Waals surface area contributed by atoms with Gasteiger partial charge in [-0.25, -0.2) is 0 Å². The van der Waals surface area contributed by atoms with E-state index < -0.39 is 0 Å². The molecule has 0 atom stereocenters. The molecule has 5 nitrogen and oxygen atoms in total. The molecule has 2 heterocycles. The number of H-pyrrole nitrogens is 1. The Labute approximate surface area is 158 Å². The van der Waals surface area contributed by atoms with Crippen LogP contribution < -0.4 is 5.32 Å². The van der Waals surface area contributed by atoms with Gasteiger partial charge >= 0.3 is 0 Å². The predicted molar refractivity (Wildman–Crippen MR) is 106 cm³/mol. The van der Waals surface area contributed by atoms with Crippen molar-refractivity contribution in [2.45, 2.75) is 25.3 Å². The summed E-state index contributed by atoms with van der Waals surface area (Å²) in [6.07, 6.45) is 3.76. The second-order valence-electron chi connectivity index (χ2n) is 7.04. The molecule has 3 aromatic rings. The number of likely N-dealkylation sites (tertiary alicyclic amines) is 1. The molecule has 1 aliphatic heterocycles. The molecule has 0 radical (unpaired) electrons. The second kappa shape index (κ2) is 7.66. The molecular weight excluding hydrogens is 338 g/mol. The second-order valence-corrected chi connectivity index (χ2v) is 7.04. The van der Waals surface area contributed by atoms with Crippen LogP contribution in [-0.4, -0.2) is 40.8 Å². The van der Waals surface area contributed by atoms with Crippen LogP contribution in [0.25, 0.3) is 10.9 Å². The van der Waals surface area contributed by atoms with Gasteiger partial charge < -0.3 is 15.2 Å². The standard InChI is InChI=1S/C22H23N3O2/c26-21(14-16-6-2-1-3-7-16)24-17-10-12-25(13-11-17)22(27)19-15-23-20-9-5-4-8-18(19)20/h1-9,15,17,23H,10-14H2,(H,24,26). The van der Waals surface area contributed by atoms with Gasteiger partial charge in [0, 0.05) is 36.2 Å². The van der Waals surface area contributed by atoms with E-state index in [1.165, 1.54) is 0 Å².